The van der Waals surface area contributed by atoms with Gasteiger partial charge in [0.05, 0.1) is 13.2 Å². The average molecular weight is 385 g/mol. The van der Waals surface area contributed by atoms with Gasteiger partial charge >= 0.3 is 0 Å². The van der Waals surface area contributed by atoms with Crippen LogP contribution in [0, 0.1) is 0 Å². The molecule has 0 saturated carbocycles. The summed E-state index contributed by atoms with van der Waals surface area (Å²) in [5, 5.41) is 3.55. The second-order valence-electron chi connectivity index (χ2n) is 6.74. The largest absolute Gasteiger partial charge is 0.493 e. The van der Waals surface area contributed by atoms with Gasteiger partial charge in [-0.2, -0.15) is 0 Å². The van der Waals surface area contributed by atoms with E-state index in [9.17, 15) is 4.79 Å². The number of benzene rings is 2. The molecule has 2 aromatic carbocycles. The van der Waals surface area contributed by atoms with Crippen molar-refractivity contribution in [3.8, 4) is 11.5 Å². The van der Waals surface area contributed by atoms with Gasteiger partial charge in [0, 0.05) is 6.04 Å². The van der Waals surface area contributed by atoms with Crippen LogP contribution in [0.1, 0.15) is 61.1 Å². The van der Waals surface area contributed by atoms with Crippen LogP contribution in [0.15, 0.2) is 42.5 Å². The van der Waals surface area contributed by atoms with Crippen molar-refractivity contribution in [2.75, 3.05) is 19.8 Å². The number of carbonyl (C=O) groups excluding carboxylic acids is 1. The van der Waals surface area contributed by atoms with Gasteiger partial charge in [0.2, 0.25) is 0 Å². The summed E-state index contributed by atoms with van der Waals surface area (Å²) in [4.78, 5) is 11.9. The summed E-state index contributed by atoms with van der Waals surface area (Å²) in [7, 11) is 0. The number of primary amides is 1. The summed E-state index contributed by atoms with van der Waals surface area (Å²) in [5.74, 6) is 0.419. The maximum Gasteiger partial charge on any atom is 0.256 e. The van der Waals surface area contributed by atoms with Crippen molar-refractivity contribution < 1.29 is 14.3 Å². The zero-order valence-corrected chi connectivity index (χ0v) is 17.2. The Hall–Kier alpha value is -2.53. The second kappa shape index (κ2) is 11.3. The highest BCUT2D eigenvalue weighted by Crippen LogP contribution is 2.33. The third-order valence-corrected chi connectivity index (χ3v) is 4.62. The van der Waals surface area contributed by atoms with Crippen LogP contribution in [-0.4, -0.2) is 25.7 Å². The lowest BCUT2D eigenvalue weighted by Gasteiger charge is -2.19. The van der Waals surface area contributed by atoms with E-state index in [0.29, 0.717) is 30.3 Å². The molecular formula is C23H32N2O3. The summed E-state index contributed by atoms with van der Waals surface area (Å²) < 4.78 is 11.3. The first-order chi connectivity index (χ1) is 13.6. The van der Waals surface area contributed by atoms with Crippen molar-refractivity contribution in [3.63, 3.8) is 0 Å². The van der Waals surface area contributed by atoms with E-state index in [4.69, 9.17) is 15.2 Å². The fraction of sp³-hybridized carbons (Fsp3) is 0.435. The van der Waals surface area contributed by atoms with Gasteiger partial charge in [-0.25, -0.2) is 0 Å². The molecule has 0 aliphatic rings. The number of hydrogen-bond donors (Lipinski definition) is 2. The molecule has 1 atom stereocenters. The van der Waals surface area contributed by atoms with E-state index < -0.39 is 5.91 Å². The molecule has 0 fully saturated rings. The number of unbranched alkanes of at least 4 members (excludes halogenated alkanes) is 1. The standard InChI is InChI=1S/C23H32N2O3/c1-4-27-20-15-19(16-21(28-5-2)22(20)23(24)26)17(3)25-14-10-9-13-18-11-7-6-8-12-18/h6-8,11-12,15-17,25H,4-5,9-10,13-14H2,1-3H3,(H2,24,26). The predicted molar refractivity (Wildman–Crippen MR) is 113 cm³/mol. The summed E-state index contributed by atoms with van der Waals surface area (Å²) >= 11 is 0. The van der Waals surface area contributed by atoms with Crippen molar-refractivity contribution >= 4 is 5.91 Å². The molecule has 0 radical (unpaired) electrons. The molecule has 0 aromatic heterocycles. The van der Waals surface area contributed by atoms with E-state index >= 15 is 0 Å². The highest BCUT2D eigenvalue weighted by atomic mass is 16.5. The van der Waals surface area contributed by atoms with Gasteiger partial charge in [-0.15, -0.1) is 0 Å². The van der Waals surface area contributed by atoms with Gasteiger partial charge in [0.1, 0.15) is 17.1 Å². The van der Waals surface area contributed by atoms with Crippen LogP contribution in [0.5, 0.6) is 11.5 Å². The minimum Gasteiger partial charge on any atom is -0.493 e. The third-order valence-electron chi connectivity index (χ3n) is 4.62. The molecular weight excluding hydrogens is 352 g/mol. The maximum atomic E-state index is 11.9. The Kier molecular flexibility index (Phi) is 8.82. The molecule has 0 saturated heterocycles. The molecule has 0 aliphatic carbocycles. The lowest BCUT2D eigenvalue weighted by molar-refractivity contribution is 0.0992. The highest BCUT2D eigenvalue weighted by Gasteiger charge is 2.20. The van der Waals surface area contributed by atoms with E-state index in [-0.39, 0.29) is 6.04 Å². The first-order valence-corrected chi connectivity index (χ1v) is 10.1. The van der Waals surface area contributed by atoms with Crippen LogP contribution in [0.3, 0.4) is 0 Å². The molecule has 0 spiro atoms. The minimum atomic E-state index is -0.542. The van der Waals surface area contributed by atoms with Gasteiger partial charge in [-0.3, -0.25) is 4.79 Å². The van der Waals surface area contributed by atoms with Gasteiger partial charge in [0.15, 0.2) is 0 Å². The monoisotopic (exact) mass is 384 g/mol. The number of amides is 1. The van der Waals surface area contributed by atoms with E-state index in [1.54, 1.807) is 0 Å². The molecule has 5 heteroatoms. The van der Waals surface area contributed by atoms with Gasteiger partial charge in [0.25, 0.3) is 5.91 Å². The maximum absolute atomic E-state index is 11.9. The highest BCUT2D eigenvalue weighted by molar-refractivity contribution is 5.98. The lowest BCUT2D eigenvalue weighted by Crippen LogP contribution is -2.21. The Balaban J connectivity index is 1.99. The van der Waals surface area contributed by atoms with Crippen molar-refractivity contribution in [1.29, 1.82) is 0 Å². The number of hydrogen-bond acceptors (Lipinski definition) is 4. The number of carbonyl (C=O) groups is 1. The molecule has 0 bridgehead atoms. The Labute approximate surface area is 168 Å². The fourth-order valence-electron chi connectivity index (χ4n) is 3.18. The molecule has 3 N–H and O–H groups in total. The van der Waals surface area contributed by atoms with Crippen molar-refractivity contribution in [2.45, 2.75) is 46.1 Å². The topological polar surface area (TPSA) is 73.6 Å². The number of rotatable bonds is 12. The minimum absolute atomic E-state index is 0.108. The smallest absolute Gasteiger partial charge is 0.256 e. The molecule has 0 aliphatic heterocycles. The molecule has 2 aromatic rings. The zero-order valence-electron chi connectivity index (χ0n) is 17.2. The van der Waals surface area contributed by atoms with Crippen LogP contribution in [-0.2, 0) is 6.42 Å². The quantitative estimate of drug-likeness (QED) is 0.536. The Bertz CT molecular complexity index is 720. The van der Waals surface area contributed by atoms with Crippen LogP contribution in [0.25, 0.3) is 0 Å². The summed E-state index contributed by atoms with van der Waals surface area (Å²) in [6, 6.07) is 14.4. The Morgan fingerprint density at radius 1 is 1.04 bits per heavy atom. The summed E-state index contributed by atoms with van der Waals surface area (Å²) in [5.41, 5.74) is 8.25. The van der Waals surface area contributed by atoms with Crippen LogP contribution >= 0.6 is 0 Å². The molecule has 5 nitrogen and oxygen atoms in total. The normalized spacial score (nSPS) is 11.8. The van der Waals surface area contributed by atoms with Gasteiger partial charge < -0.3 is 20.5 Å². The summed E-state index contributed by atoms with van der Waals surface area (Å²) in [6.45, 7) is 7.69. The first-order valence-electron chi connectivity index (χ1n) is 10.1. The molecule has 152 valence electrons. The number of aryl methyl sites for hydroxylation is 1. The van der Waals surface area contributed by atoms with Gasteiger partial charge in [-0.05, 0) is 69.8 Å². The first kappa shape index (κ1) is 21.8. The Morgan fingerprint density at radius 3 is 2.18 bits per heavy atom. The average Bonchev–Trinajstić information content (AvgIpc) is 2.68. The van der Waals surface area contributed by atoms with E-state index in [1.165, 1.54) is 5.56 Å². The van der Waals surface area contributed by atoms with Crippen LogP contribution in [0.2, 0.25) is 0 Å². The molecule has 2 rings (SSSR count). The van der Waals surface area contributed by atoms with Crippen LogP contribution in [0.4, 0.5) is 0 Å². The lowest BCUT2D eigenvalue weighted by atomic mass is 10.0. The second-order valence-corrected chi connectivity index (χ2v) is 6.74. The molecule has 28 heavy (non-hydrogen) atoms. The van der Waals surface area contributed by atoms with Gasteiger partial charge in [-0.1, -0.05) is 30.3 Å². The Morgan fingerprint density at radius 2 is 1.64 bits per heavy atom. The molecule has 1 unspecified atom stereocenters. The number of ether oxygens (including phenoxy) is 2. The van der Waals surface area contributed by atoms with Crippen molar-refractivity contribution in [1.82, 2.24) is 5.32 Å². The fourth-order valence-corrected chi connectivity index (χ4v) is 3.18. The van der Waals surface area contributed by atoms with Crippen molar-refractivity contribution in [2.24, 2.45) is 5.73 Å². The van der Waals surface area contributed by atoms with E-state index in [2.05, 4.69) is 36.5 Å². The third kappa shape index (κ3) is 6.27. The van der Waals surface area contributed by atoms with E-state index in [1.807, 2.05) is 32.0 Å². The SMILES string of the molecule is CCOc1cc(C(C)NCCCCc2ccccc2)cc(OCC)c1C(N)=O. The molecule has 0 heterocycles. The number of nitrogens with two attached hydrogens (primary N) is 1. The number of nitrogens with one attached hydrogen (secondary N) is 1. The zero-order chi connectivity index (χ0) is 20.4. The van der Waals surface area contributed by atoms with Crippen molar-refractivity contribution in [3.05, 3.63) is 59.2 Å². The van der Waals surface area contributed by atoms with Crippen LogP contribution < -0.4 is 20.5 Å². The summed E-state index contributed by atoms with van der Waals surface area (Å²) in [6.07, 6.45) is 3.32. The molecule has 1 amide bonds. The predicted octanol–water partition coefficient (Wildman–Crippen LogP) is 4.26. The van der Waals surface area contributed by atoms with E-state index in [0.717, 1.165) is 31.4 Å².